The number of furan rings is 2. The van der Waals surface area contributed by atoms with Crippen LogP contribution in [0.1, 0.15) is 22.3 Å². The molecule has 0 N–H and O–H groups in total. The summed E-state index contributed by atoms with van der Waals surface area (Å²) in [6, 6.07) is 89.9. The topological polar surface area (TPSA) is 29.5 Å². The maximum absolute atomic E-state index is 7.49. The molecule has 68 heavy (non-hydrogen) atoms. The van der Waals surface area contributed by atoms with Gasteiger partial charge in [0.2, 0.25) is 0 Å². The monoisotopic (exact) mass is 867 g/mol. The van der Waals surface area contributed by atoms with Gasteiger partial charge < -0.3 is 13.7 Å². The zero-order valence-electron chi connectivity index (χ0n) is 36.9. The van der Waals surface area contributed by atoms with Crippen molar-refractivity contribution in [2.75, 3.05) is 4.90 Å². The third-order valence-corrected chi connectivity index (χ3v) is 14.3. The molecule has 0 aliphatic heterocycles. The summed E-state index contributed by atoms with van der Waals surface area (Å²) in [7, 11) is 0. The molecule has 0 bridgehead atoms. The minimum atomic E-state index is -0.570. The maximum atomic E-state index is 7.49. The van der Waals surface area contributed by atoms with Crippen LogP contribution in [-0.2, 0) is 5.41 Å². The van der Waals surface area contributed by atoms with Gasteiger partial charge in [-0.3, -0.25) is 0 Å². The van der Waals surface area contributed by atoms with Crippen LogP contribution in [0.4, 0.5) is 17.1 Å². The van der Waals surface area contributed by atoms with E-state index in [0.717, 1.165) is 83.2 Å². The van der Waals surface area contributed by atoms with E-state index in [0.29, 0.717) is 0 Å². The predicted octanol–water partition coefficient (Wildman–Crippen LogP) is 17.8. The molecule has 2 aromatic heterocycles. The van der Waals surface area contributed by atoms with Gasteiger partial charge in [-0.2, -0.15) is 0 Å². The van der Waals surface area contributed by atoms with Crippen LogP contribution in [0.25, 0.3) is 88.0 Å². The van der Waals surface area contributed by atoms with Gasteiger partial charge in [-0.1, -0.05) is 200 Å². The van der Waals surface area contributed by atoms with Crippen molar-refractivity contribution in [3.05, 3.63) is 271 Å². The Hall–Kier alpha value is -8.92. The Morgan fingerprint density at radius 3 is 1.81 bits per heavy atom. The summed E-state index contributed by atoms with van der Waals surface area (Å²) in [5.74, 6) is 0. The number of nitrogens with zero attached hydrogens (tertiary/aromatic N) is 1. The lowest BCUT2D eigenvalue weighted by Gasteiger charge is -2.35. The van der Waals surface area contributed by atoms with Crippen LogP contribution in [0, 0.1) is 0 Å². The molecule has 2 heterocycles. The predicted molar refractivity (Wildman–Crippen MR) is 281 cm³/mol. The number of anilines is 3. The van der Waals surface area contributed by atoms with Crippen molar-refractivity contribution < 1.29 is 8.83 Å². The number of para-hydroxylation sites is 2. The van der Waals surface area contributed by atoms with E-state index < -0.39 is 5.41 Å². The highest BCUT2D eigenvalue weighted by Crippen LogP contribution is 2.58. The molecule has 0 saturated heterocycles. The third kappa shape index (κ3) is 5.66. The molecule has 3 heteroatoms. The average Bonchev–Trinajstić information content (AvgIpc) is 4.07. The summed E-state index contributed by atoms with van der Waals surface area (Å²) in [5.41, 5.74) is 17.6. The molecule has 14 rings (SSSR count). The van der Waals surface area contributed by atoms with E-state index in [2.05, 4.69) is 248 Å². The first-order valence-corrected chi connectivity index (χ1v) is 23.3. The zero-order valence-corrected chi connectivity index (χ0v) is 36.9. The number of hydrogen-bond acceptors (Lipinski definition) is 3. The molecule has 0 radical (unpaired) electrons. The molecule has 0 unspecified atom stereocenters. The lowest BCUT2D eigenvalue weighted by Crippen LogP contribution is -2.28. The van der Waals surface area contributed by atoms with Gasteiger partial charge in [-0.25, -0.2) is 0 Å². The van der Waals surface area contributed by atoms with E-state index in [9.17, 15) is 0 Å². The summed E-state index contributed by atoms with van der Waals surface area (Å²) in [4.78, 5) is 2.40. The Bertz CT molecular complexity index is 4050. The first-order chi connectivity index (χ1) is 33.7. The summed E-state index contributed by atoms with van der Waals surface area (Å²) in [6.45, 7) is 0. The fourth-order valence-corrected chi connectivity index (χ4v) is 11.4. The van der Waals surface area contributed by atoms with Gasteiger partial charge in [-0.15, -0.1) is 0 Å². The van der Waals surface area contributed by atoms with Gasteiger partial charge in [0.05, 0.1) is 11.1 Å². The van der Waals surface area contributed by atoms with Crippen molar-refractivity contribution in [2.45, 2.75) is 5.41 Å². The largest absolute Gasteiger partial charge is 0.456 e. The van der Waals surface area contributed by atoms with Crippen LogP contribution >= 0.6 is 0 Å². The molecular weight excluding hydrogens is 827 g/mol. The van der Waals surface area contributed by atoms with E-state index in [1.807, 2.05) is 6.07 Å². The van der Waals surface area contributed by atoms with Crippen LogP contribution in [0.5, 0.6) is 0 Å². The van der Waals surface area contributed by atoms with Gasteiger partial charge in [0.1, 0.15) is 16.7 Å². The SMILES string of the molecule is c1ccc(-c2cccc(N(c3ccc4c(c3)C(c3ccccc3)(c3ccccc3)c3ccccc3-4)c3cccc4c3oc3c(-c5ccc6ccccc6c5)c5c(cc34)oc3ccccc35)c2)cc1. The highest BCUT2D eigenvalue weighted by molar-refractivity contribution is 6.25. The van der Waals surface area contributed by atoms with Gasteiger partial charge in [0, 0.05) is 38.5 Å². The van der Waals surface area contributed by atoms with Gasteiger partial charge in [0.25, 0.3) is 0 Å². The second-order valence-electron chi connectivity index (χ2n) is 17.9. The van der Waals surface area contributed by atoms with Gasteiger partial charge in [0.15, 0.2) is 5.58 Å². The Morgan fingerprint density at radius 2 is 0.985 bits per heavy atom. The number of hydrogen-bond donors (Lipinski definition) is 0. The smallest absolute Gasteiger partial charge is 0.159 e. The second-order valence-corrected chi connectivity index (χ2v) is 17.9. The van der Waals surface area contributed by atoms with Gasteiger partial charge in [-0.05, 0) is 109 Å². The van der Waals surface area contributed by atoms with Crippen LogP contribution in [-0.4, -0.2) is 0 Å². The summed E-state index contributed by atoms with van der Waals surface area (Å²) >= 11 is 0. The Kier molecular flexibility index (Phi) is 8.50. The highest BCUT2D eigenvalue weighted by Gasteiger charge is 2.46. The van der Waals surface area contributed by atoms with Crippen LogP contribution in [0.15, 0.2) is 258 Å². The summed E-state index contributed by atoms with van der Waals surface area (Å²) in [6.07, 6.45) is 0. The first-order valence-electron chi connectivity index (χ1n) is 23.3. The van der Waals surface area contributed by atoms with E-state index in [1.54, 1.807) is 0 Å². The lowest BCUT2D eigenvalue weighted by molar-refractivity contribution is 0.665. The first kappa shape index (κ1) is 38.4. The fourth-order valence-electron chi connectivity index (χ4n) is 11.4. The molecule has 1 aliphatic carbocycles. The average molecular weight is 868 g/mol. The Labute approximate surface area is 393 Å². The van der Waals surface area contributed by atoms with Crippen LogP contribution in [0.2, 0.25) is 0 Å². The zero-order chi connectivity index (χ0) is 44.8. The van der Waals surface area contributed by atoms with Crippen molar-refractivity contribution in [1.82, 2.24) is 0 Å². The normalized spacial score (nSPS) is 12.8. The highest BCUT2D eigenvalue weighted by atomic mass is 16.3. The van der Waals surface area contributed by atoms with E-state index >= 15 is 0 Å². The van der Waals surface area contributed by atoms with E-state index in [4.69, 9.17) is 8.83 Å². The molecule has 3 nitrogen and oxygen atoms in total. The van der Waals surface area contributed by atoms with Crippen molar-refractivity contribution >= 4 is 71.7 Å². The molecule has 0 atom stereocenters. The van der Waals surface area contributed by atoms with Crippen LogP contribution in [0.3, 0.4) is 0 Å². The Morgan fingerprint density at radius 1 is 0.338 bits per heavy atom. The molecule has 318 valence electrons. The standard InChI is InChI=1S/C65H41NO2/c1-4-18-42(19-5-1)45-22-16-27-49(39-45)66(50-36-37-52-51-28-12-14-31-56(51)65(57(52)40-50,47-23-6-2-7-24-47)48-25-8-3-9-26-48)58-32-17-30-53-55-41-60-62(54-29-13-15-33-59(54)67-60)61(64(55)68-63(53)58)46-35-34-43-20-10-11-21-44(43)38-46/h1-41H. The van der Waals surface area contributed by atoms with Crippen molar-refractivity contribution in [1.29, 1.82) is 0 Å². The van der Waals surface area contributed by atoms with Gasteiger partial charge >= 0.3 is 0 Å². The minimum absolute atomic E-state index is 0.570. The van der Waals surface area contributed by atoms with Crippen LogP contribution < -0.4 is 4.90 Å². The van der Waals surface area contributed by atoms with Crippen molar-refractivity contribution in [3.8, 4) is 33.4 Å². The van der Waals surface area contributed by atoms with E-state index in [-0.39, 0.29) is 0 Å². The minimum Gasteiger partial charge on any atom is -0.456 e. The van der Waals surface area contributed by atoms with Crippen molar-refractivity contribution in [2.24, 2.45) is 0 Å². The molecule has 0 fully saturated rings. The quantitative estimate of drug-likeness (QED) is 0.160. The number of benzene rings is 11. The van der Waals surface area contributed by atoms with E-state index in [1.165, 1.54) is 44.2 Å². The summed E-state index contributed by atoms with van der Waals surface area (Å²) < 4.78 is 14.2. The maximum Gasteiger partial charge on any atom is 0.159 e. The molecule has 0 amide bonds. The van der Waals surface area contributed by atoms with Crippen molar-refractivity contribution in [3.63, 3.8) is 0 Å². The lowest BCUT2D eigenvalue weighted by atomic mass is 9.67. The molecule has 13 aromatic rings. The molecule has 0 saturated carbocycles. The molecule has 11 aromatic carbocycles. The third-order valence-electron chi connectivity index (χ3n) is 14.3. The Balaban J connectivity index is 1.07. The fraction of sp³-hybridized carbons (Fsp3) is 0.0154. The second kappa shape index (κ2) is 15.1. The summed E-state index contributed by atoms with van der Waals surface area (Å²) in [5, 5.41) is 6.50. The molecule has 0 spiro atoms. The number of fused-ring (bicyclic) bond motifs is 10. The molecular formula is C65H41NO2. The number of rotatable bonds is 7. The molecule has 1 aliphatic rings.